The molecule has 2 aromatic rings. The van der Waals surface area contributed by atoms with Gasteiger partial charge >= 0.3 is 0 Å². The van der Waals surface area contributed by atoms with E-state index in [1.165, 1.54) is 24.5 Å². The van der Waals surface area contributed by atoms with E-state index < -0.39 is 23.1 Å². The minimum atomic E-state index is -1.03. The van der Waals surface area contributed by atoms with Crippen LogP contribution in [0.2, 0.25) is 0 Å². The van der Waals surface area contributed by atoms with Crippen molar-refractivity contribution in [3.05, 3.63) is 66.3 Å². The fourth-order valence-electron chi connectivity index (χ4n) is 5.41. The Balaban J connectivity index is 1.41. The van der Waals surface area contributed by atoms with E-state index in [9.17, 15) is 13.2 Å². The molecule has 1 N–H and O–H groups in total. The third-order valence-electron chi connectivity index (χ3n) is 7.26. The molecule has 1 unspecified atom stereocenters. The molecule has 1 atom stereocenters. The third-order valence-corrected chi connectivity index (χ3v) is 7.26. The molecule has 2 fully saturated rings. The Labute approximate surface area is 199 Å². The average Bonchev–Trinajstić information content (AvgIpc) is 3.22. The SMILES string of the molecule is C=CC(CN1CCC2(CCC(Nc3ncc(F)cn3)CC2)C1)(OCCC)c1ccc(F)cc1F. The van der Waals surface area contributed by atoms with Gasteiger partial charge in [0.2, 0.25) is 5.95 Å². The van der Waals surface area contributed by atoms with Crippen LogP contribution in [0.4, 0.5) is 19.1 Å². The molecule has 1 aromatic heterocycles. The van der Waals surface area contributed by atoms with Gasteiger partial charge in [-0.2, -0.15) is 0 Å². The number of rotatable bonds is 9. The second-order valence-corrected chi connectivity index (χ2v) is 9.67. The normalized spacial score (nSPS) is 24.8. The maximum absolute atomic E-state index is 14.8. The molecule has 0 radical (unpaired) electrons. The van der Waals surface area contributed by atoms with E-state index in [0.717, 1.165) is 57.7 Å². The van der Waals surface area contributed by atoms with Crippen LogP contribution in [0.5, 0.6) is 0 Å². The van der Waals surface area contributed by atoms with E-state index in [1.807, 2.05) is 6.92 Å². The Morgan fingerprint density at radius 1 is 1.18 bits per heavy atom. The monoisotopic (exact) mass is 474 g/mol. The van der Waals surface area contributed by atoms with Crippen LogP contribution in [0.1, 0.15) is 51.0 Å². The molecular formula is C26H33F3N4O. The molecule has 2 heterocycles. The molecule has 1 aromatic carbocycles. The van der Waals surface area contributed by atoms with E-state index in [-0.39, 0.29) is 11.5 Å². The van der Waals surface area contributed by atoms with Gasteiger partial charge in [0.05, 0.1) is 12.4 Å². The topological polar surface area (TPSA) is 50.3 Å². The van der Waals surface area contributed by atoms with Crippen molar-refractivity contribution in [2.75, 3.05) is 31.6 Å². The first-order valence-corrected chi connectivity index (χ1v) is 12.1. The molecule has 4 rings (SSSR count). The largest absolute Gasteiger partial charge is 0.365 e. The zero-order valence-corrected chi connectivity index (χ0v) is 19.7. The highest BCUT2D eigenvalue weighted by Crippen LogP contribution is 2.45. The summed E-state index contributed by atoms with van der Waals surface area (Å²) in [6.45, 7) is 8.71. The van der Waals surface area contributed by atoms with Crippen LogP contribution >= 0.6 is 0 Å². The van der Waals surface area contributed by atoms with Crippen molar-refractivity contribution >= 4 is 5.95 Å². The molecule has 34 heavy (non-hydrogen) atoms. The van der Waals surface area contributed by atoms with Crippen molar-refractivity contribution < 1.29 is 17.9 Å². The zero-order valence-electron chi connectivity index (χ0n) is 19.7. The second kappa shape index (κ2) is 10.4. The van der Waals surface area contributed by atoms with Crippen LogP contribution in [0.15, 0.2) is 43.2 Å². The number of ether oxygens (including phenoxy) is 1. The maximum atomic E-state index is 14.8. The lowest BCUT2D eigenvalue weighted by molar-refractivity contribution is -0.0365. The van der Waals surface area contributed by atoms with Crippen molar-refractivity contribution in [1.29, 1.82) is 0 Å². The van der Waals surface area contributed by atoms with Crippen LogP contribution in [-0.2, 0) is 10.3 Å². The van der Waals surface area contributed by atoms with Crippen LogP contribution in [0, 0.1) is 22.9 Å². The molecule has 0 amide bonds. The van der Waals surface area contributed by atoms with Crippen molar-refractivity contribution in [1.82, 2.24) is 14.9 Å². The van der Waals surface area contributed by atoms with Gasteiger partial charge in [0.15, 0.2) is 5.82 Å². The maximum Gasteiger partial charge on any atom is 0.222 e. The van der Waals surface area contributed by atoms with Gasteiger partial charge in [-0.3, -0.25) is 4.90 Å². The van der Waals surface area contributed by atoms with E-state index in [0.29, 0.717) is 24.7 Å². The van der Waals surface area contributed by atoms with Gasteiger partial charge in [-0.1, -0.05) is 19.6 Å². The first-order valence-electron chi connectivity index (χ1n) is 12.1. The highest BCUT2D eigenvalue weighted by atomic mass is 19.1. The van der Waals surface area contributed by atoms with Crippen molar-refractivity contribution in [3.63, 3.8) is 0 Å². The first-order chi connectivity index (χ1) is 16.4. The Bertz CT molecular complexity index is 979. The molecule has 5 nitrogen and oxygen atoms in total. The molecular weight excluding hydrogens is 441 g/mol. The van der Waals surface area contributed by atoms with E-state index in [4.69, 9.17) is 4.74 Å². The highest BCUT2D eigenvalue weighted by Gasteiger charge is 2.44. The molecule has 2 aliphatic rings. The Morgan fingerprint density at radius 2 is 1.91 bits per heavy atom. The fraction of sp³-hybridized carbons (Fsp3) is 0.538. The number of nitrogens with zero attached hydrogens (tertiary/aromatic N) is 3. The molecule has 1 aliphatic heterocycles. The molecule has 184 valence electrons. The van der Waals surface area contributed by atoms with E-state index >= 15 is 0 Å². The number of likely N-dealkylation sites (tertiary alicyclic amines) is 1. The fourth-order valence-corrected chi connectivity index (χ4v) is 5.41. The molecule has 0 bridgehead atoms. The summed E-state index contributed by atoms with van der Waals surface area (Å²) in [4.78, 5) is 10.3. The van der Waals surface area contributed by atoms with Crippen LogP contribution < -0.4 is 5.32 Å². The lowest BCUT2D eigenvalue weighted by Crippen LogP contribution is -2.43. The molecule has 8 heteroatoms. The lowest BCUT2D eigenvalue weighted by Gasteiger charge is -2.39. The van der Waals surface area contributed by atoms with Gasteiger partial charge in [-0.05, 0) is 62.6 Å². The van der Waals surface area contributed by atoms with E-state index in [1.54, 1.807) is 6.08 Å². The number of halogens is 3. The van der Waals surface area contributed by atoms with Gasteiger partial charge in [0.1, 0.15) is 17.2 Å². The number of nitrogens with one attached hydrogen (secondary N) is 1. The lowest BCUT2D eigenvalue weighted by atomic mass is 9.72. The third kappa shape index (κ3) is 5.44. The number of benzene rings is 1. The molecule has 1 aliphatic carbocycles. The Morgan fingerprint density at radius 3 is 2.56 bits per heavy atom. The summed E-state index contributed by atoms with van der Waals surface area (Å²) in [5.74, 6) is -1.20. The van der Waals surface area contributed by atoms with Crippen LogP contribution in [-0.4, -0.2) is 47.2 Å². The molecule has 1 spiro atoms. The molecule has 1 saturated carbocycles. The number of aromatic nitrogens is 2. The summed E-state index contributed by atoms with van der Waals surface area (Å²) in [6.07, 6.45) is 9.95. The second-order valence-electron chi connectivity index (χ2n) is 9.67. The summed E-state index contributed by atoms with van der Waals surface area (Å²) in [5.41, 5.74) is -0.496. The summed E-state index contributed by atoms with van der Waals surface area (Å²) in [6, 6.07) is 3.92. The smallest absolute Gasteiger partial charge is 0.222 e. The predicted molar refractivity (Wildman–Crippen MR) is 126 cm³/mol. The summed E-state index contributed by atoms with van der Waals surface area (Å²) < 4.78 is 47.6. The van der Waals surface area contributed by atoms with Crippen LogP contribution in [0.25, 0.3) is 0 Å². The summed E-state index contributed by atoms with van der Waals surface area (Å²) in [7, 11) is 0. The van der Waals surface area contributed by atoms with Gasteiger partial charge in [0, 0.05) is 37.4 Å². The number of hydrogen-bond acceptors (Lipinski definition) is 5. The quantitative estimate of drug-likeness (QED) is 0.490. The average molecular weight is 475 g/mol. The predicted octanol–water partition coefficient (Wildman–Crippen LogP) is 5.45. The van der Waals surface area contributed by atoms with Gasteiger partial charge < -0.3 is 10.1 Å². The Hall–Kier alpha value is -2.45. The number of anilines is 1. The minimum Gasteiger partial charge on any atom is -0.365 e. The van der Waals surface area contributed by atoms with Crippen molar-refractivity contribution in [3.8, 4) is 0 Å². The van der Waals surface area contributed by atoms with Gasteiger partial charge in [-0.25, -0.2) is 23.1 Å². The van der Waals surface area contributed by atoms with Crippen molar-refractivity contribution in [2.45, 2.75) is 57.1 Å². The van der Waals surface area contributed by atoms with E-state index in [2.05, 4.69) is 26.8 Å². The molecule has 1 saturated heterocycles. The Kier molecular flexibility index (Phi) is 7.57. The van der Waals surface area contributed by atoms with Gasteiger partial charge in [0.25, 0.3) is 0 Å². The highest BCUT2D eigenvalue weighted by molar-refractivity contribution is 5.30. The summed E-state index contributed by atoms with van der Waals surface area (Å²) in [5, 5.41) is 3.32. The zero-order chi connectivity index (χ0) is 24.2. The van der Waals surface area contributed by atoms with Gasteiger partial charge in [-0.15, -0.1) is 0 Å². The summed E-state index contributed by atoms with van der Waals surface area (Å²) >= 11 is 0. The number of hydrogen-bond donors (Lipinski definition) is 1. The first kappa shape index (κ1) is 24.7. The van der Waals surface area contributed by atoms with Crippen LogP contribution in [0.3, 0.4) is 0 Å². The standard InChI is InChI=1S/C26H33F3N4O/c1-3-13-34-26(4-2,22-6-5-19(27)14-23(22)29)18-33-12-11-25(17-33)9-7-21(8-10-25)32-24-30-15-20(28)16-31-24/h4-6,14-16,21H,2-3,7-13,17-18H2,1H3,(H,30,31,32). The van der Waals surface area contributed by atoms with Crippen molar-refractivity contribution in [2.24, 2.45) is 5.41 Å². The minimum absolute atomic E-state index is 0.209.